The number of hydrogen-bond donors (Lipinski definition) is 1. The van der Waals surface area contributed by atoms with E-state index in [2.05, 4.69) is 35.0 Å². The Bertz CT molecular complexity index is 1340. The van der Waals surface area contributed by atoms with Gasteiger partial charge in [0.1, 0.15) is 29.7 Å². The van der Waals surface area contributed by atoms with Crippen LogP contribution < -0.4 is 10.1 Å². The zero-order valence-electron chi connectivity index (χ0n) is 20.1. The molecule has 2 aromatic carbocycles. The molecule has 6 rings (SSSR count). The highest BCUT2D eigenvalue weighted by molar-refractivity contribution is 6.02. The lowest BCUT2D eigenvalue weighted by Crippen LogP contribution is -2.49. The van der Waals surface area contributed by atoms with Gasteiger partial charge in [-0.25, -0.2) is 0 Å². The molecule has 0 radical (unpaired) electrons. The molecule has 0 bridgehead atoms. The Kier molecular flexibility index (Phi) is 5.99. The van der Waals surface area contributed by atoms with Crippen LogP contribution in [0.1, 0.15) is 40.1 Å². The molecule has 3 aliphatic rings. The minimum atomic E-state index is -0.495. The van der Waals surface area contributed by atoms with Crippen molar-refractivity contribution in [2.75, 3.05) is 26.3 Å². The number of carbonyl (C=O) groups is 2. The second kappa shape index (κ2) is 9.44. The fourth-order valence-electron chi connectivity index (χ4n) is 5.24. The third-order valence-corrected chi connectivity index (χ3v) is 7.17. The van der Waals surface area contributed by atoms with E-state index in [0.29, 0.717) is 36.4 Å². The van der Waals surface area contributed by atoms with Crippen molar-refractivity contribution in [2.45, 2.75) is 38.6 Å². The maximum atomic E-state index is 13.1. The second-order valence-corrected chi connectivity index (χ2v) is 9.62. The Morgan fingerprint density at radius 1 is 1.11 bits per heavy atom. The first-order valence-corrected chi connectivity index (χ1v) is 12.4. The zero-order valence-corrected chi connectivity index (χ0v) is 20.1. The highest BCUT2D eigenvalue weighted by Crippen LogP contribution is 2.34. The van der Waals surface area contributed by atoms with Gasteiger partial charge in [0.2, 0.25) is 5.91 Å². The molecule has 0 spiro atoms. The van der Waals surface area contributed by atoms with Gasteiger partial charge in [-0.05, 0) is 42.7 Å². The molecule has 4 heterocycles. The van der Waals surface area contributed by atoms with E-state index in [1.807, 2.05) is 18.2 Å². The molecule has 0 aliphatic carbocycles. The van der Waals surface area contributed by atoms with Gasteiger partial charge in [0, 0.05) is 41.8 Å². The Hall–Kier alpha value is -3.62. The molecule has 0 saturated carbocycles. The standard InChI is InChI=1S/C28H29N3O5/c1-18-5-8-24(27(32)29-18)31-16-23-22(28(31)33)3-2-4-25(23)35-17-21-14-20-7-6-19(13-26(20)36-21)15-30-9-11-34-12-10-30/h2-4,6-7,13-14,24H,1,5,8-12,15-17H2,(H,29,32). The van der Waals surface area contributed by atoms with Crippen molar-refractivity contribution in [3.63, 3.8) is 0 Å². The summed E-state index contributed by atoms with van der Waals surface area (Å²) in [6.45, 7) is 8.74. The molecule has 3 aliphatic heterocycles. The van der Waals surface area contributed by atoms with Crippen molar-refractivity contribution in [1.82, 2.24) is 15.1 Å². The van der Waals surface area contributed by atoms with Gasteiger partial charge in [0.05, 0.1) is 19.8 Å². The first-order valence-electron chi connectivity index (χ1n) is 12.4. The molecule has 2 amide bonds. The molecule has 186 valence electrons. The number of rotatable bonds is 6. The third-order valence-electron chi connectivity index (χ3n) is 7.17. The van der Waals surface area contributed by atoms with Crippen LogP contribution in [0, 0.1) is 0 Å². The highest BCUT2D eigenvalue weighted by atomic mass is 16.5. The Balaban J connectivity index is 1.15. The predicted octanol–water partition coefficient (Wildman–Crippen LogP) is 3.59. The summed E-state index contributed by atoms with van der Waals surface area (Å²) in [4.78, 5) is 29.6. The van der Waals surface area contributed by atoms with Gasteiger partial charge >= 0.3 is 0 Å². The largest absolute Gasteiger partial charge is 0.485 e. The van der Waals surface area contributed by atoms with Gasteiger partial charge in [-0.3, -0.25) is 14.5 Å². The average molecular weight is 488 g/mol. The van der Waals surface area contributed by atoms with E-state index in [4.69, 9.17) is 13.9 Å². The van der Waals surface area contributed by atoms with Crippen molar-refractivity contribution < 1.29 is 23.5 Å². The number of hydrogen-bond acceptors (Lipinski definition) is 6. The number of benzene rings is 2. The molecular formula is C28H29N3O5. The summed E-state index contributed by atoms with van der Waals surface area (Å²) in [5, 5.41) is 3.81. The number of amides is 2. The first kappa shape index (κ1) is 22.8. The number of allylic oxidation sites excluding steroid dienone is 1. The summed E-state index contributed by atoms with van der Waals surface area (Å²) < 4.78 is 17.7. The maximum absolute atomic E-state index is 13.1. The number of carbonyl (C=O) groups excluding carboxylic acids is 2. The maximum Gasteiger partial charge on any atom is 0.255 e. The monoisotopic (exact) mass is 487 g/mol. The van der Waals surface area contributed by atoms with E-state index in [1.54, 1.807) is 11.0 Å². The van der Waals surface area contributed by atoms with Crippen LogP contribution in [0.4, 0.5) is 0 Å². The molecular weight excluding hydrogens is 458 g/mol. The van der Waals surface area contributed by atoms with Crippen LogP contribution in [0.5, 0.6) is 5.75 Å². The molecule has 1 aromatic heterocycles. The quantitative estimate of drug-likeness (QED) is 0.572. The van der Waals surface area contributed by atoms with E-state index < -0.39 is 6.04 Å². The lowest BCUT2D eigenvalue weighted by molar-refractivity contribution is -0.126. The molecule has 1 atom stereocenters. The smallest absolute Gasteiger partial charge is 0.255 e. The van der Waals surface area contributed by atoms with Gasteiger partial charge in [0.25, 0.3) is 5.91 Å². The van der Waals surface area contributed by atoms with Gasteiger partial charge < -0.3 is 24.1 Å². The molecule has 1 N–H and O–H groups in total. The van der Waals surface area contributed by atoms with Crippen molar-refractivity contribution in [2.24, 2.45) is 0 Å². The molecule has 8 nitrogen and oxygen atoms in total. The number of ether oxygens (including phenoxy) is 2. The minimum Gasteiger partial charge on any atom is -0.485 e. The van der Waals surface area contributed by atoms with E-state index >= 15 is 0 Å². The Morgan fingerprint density at radius 2 is 1.97 bits per heavy atom. The van der Waals surface area contributed by atoms with Crippen LogP contribution in [-0.2, 0) is 29.2 Å². The molecule has 3 aromatic rings. The zero-order chi connectivity index (χ0) is 24.6. The second-order valence-electron chi connectivity index (χ2n) is 9.62. The number of fused-ring (bicyclic) bond motifs is 2. The van der Waals surface area contributed by atoms with Gasteiger partial charge in [-0.15, -0.1) is 0 Å². The van der Waals surface area contributed by atoms with Crippen LogP contribution in [0.25, 0.3) is 11.0 Å². The van der Waals surface area contributed by atoms with Crippen LogP contribution in [0.3, 0.4) is 0 Å². The van der Waals surface area contributed by atoms with Crippen LogP contribution in [-0.4, -0.2) is 54.0 Å². The van der Waals surface area contributed by atoms with E-state index in [9.17, 15) is 9.59 Å². The fourth-order valence-corrected chi connectivity index (χ4v) is 5.24. The normalized spacial score (nSPS) is 20.6. The third kappa shape index (κ3) is 4.38. The number of nitrogens with one attached hydrogen (secondary N) is 1. The summed E-state index contributed by atoms with van der Waals surface area (Å²) in [7, 11) is 0. The van der Waals surface area contributed by atoms with Crippen molar-refractivity contribution >= 4 is 22.8 Å². The van der Waals surface area contributed by atoms with E-state index in [0.717, 1.165) is 55.1 Å². The highest BCUT2D eigenvalue weighted by Gasteiger charge is 2.39. The van der Waals surface area contributed by atoms with Crippen molar-refractivity contribution in [3.05, 3.63) is 77.2 Å². The summed E-state index contributed by atoms with van der Waals surface area (Å²) in [5.74, 6) is 1.04. The summed E-state index contributed by atoms with van der Waals surface area (Å²) in [5.41, 5.74) is 4.14. The number of furan rings is 1. The Morgan fingerprint density at radius 3 is 2.81 bits per heavy atom. The summed E-state index contributed by atoms with van der Waals surface area (Å²) in [6.07, 6.45) is 1.24. The fraction of sp³-hybridized carbons (Fsp3) is 0.357. The van der Waals surface area contributed by atoms with Crippen molar-refractivity contribution in [1.29, 1.82) is 0 Å². The number of morpholine rings is 1. The van der Waals surface area contributed by atoms with Crippen LogP contribution >= 0.6 is 0 Å². The number of nitrogens with zero attached hydrogens (tertiary/aromatic N) is 2. The first-order chi connectivity index (χ1) is 17.5. The molecule has 2 saturated heterocycles. The van der Waals surface area contributed by atoms with Gasteiger partial charge in [-0.1, -0.05) is 24.8 Å². The van der Waals surface area contributed by atoms with Crippen LogP contribution in [0.2, 0.25) is 0 Å². The molecule has 1 unspecified atom stereocenters. The number of piperidine rings is 1. The lowest BCUT2D eigenvalue weighted by atomic mass is 10.0. The molecule has 36 heavy (non-hydrogen) atoms. The van der Waals surface area contributed by atoms with E-state index in [1.165, 1.54) is 5.56 Å². The summed E-state index contributed by atoms with van der Waals surface area (Å²) >= 11 is 0. The molecule has 8 heteroatoms. The van der Waals surface area contributed by atoms with Crippen molar-refractivity contribution in [3.8, 4) is 5.75 Å². The Labute approximate surface area is 209 Å². The lowest BCUT2D eigenvalue weighted by Gasteiger charge is -2.30. The molecule has 2 fully saturated rings. The minimum absolute atomic E-state index is 0.139. The predicted molar refractivity (Wildman–Crippen MR) is 133 cm³/mol. The van der Waals surface area contributed by atoms with Gasteiger partial charge in [-0.2, -0.15) is 0 Å². The van der Waals surface area contributed by atoms with E-state index in [-0.39, 0.29) is 18.4 Å². The topological polar surface area (TPSA) is 84.2 Å². The SMILES string of the molecule is C=C1CCC(N2Cc3c(OCc4cc5ccc(CN6CCOCC6)cc5o4)cccc3C2=O)C(=O)N1. The van der Waals surface area contributed by atoms with Gasteiger partial charge in [0.15, 0.2) is 0 Å². The average Bonchev–Trinajstić information content (AvgIpc) is 3.44. The summed E-state index contributed by atoms with van der Waals surface area (Å²) in [6, 6.07) is 13.3. The van der Waals surface area contributed by atoms with Crippen LogP contribution in [0.15, 0.2) is 59.2 Å².